The summed E-state index contributed by atoms with van der Waals surface area (Å²) in [6, 6.07) is 11.3. The molecule has 0 fully saturated rings. The van der Waals surface area contributed by atoms with Crippen LogP contribution >= 0.6 is 11.8 Å². The van der Waals surface area contributed by atoms with E-state index in [4.69, 9.17) is 9.15 Å². The second kappa shape index (κ2) is 8.53. The summed E-state index contributed by atoms with van der Waals surface area (Å²) in [4.78, 5) is 22.4. The molecule has 28 heavy (non-hydrogen) atoms. The third-order valence-corrected chi connectivity index (χ3v) is 4.51. The predicted octanol–water partition coefficient (Wildman–Crippen LogP) is 3.69. The maximum Gasteiger partial charge on any atom is 0.277 e. The molecular weight excluding hydrogens is 384 g/mol. The third-order valence-electron chi connectivity index (χ3n) is 3.69. The first-order valence-electron chi connectivity index (χ1n) is 8.12. The standard InChI is InChI=1S/C18H16N4O5S/c1-11-3-8-15(26-2)14(9-11)19-16(23)10-28-18-21-20-17(27-18)12-4-6-13(7-5-12)22(24)25/h3-9H,10H2,1-2H3,(H,19,23). The fraction of sp³-hybridized carbons (Fsp3) is 0.167. The number of rotatable bonds is 7. The van der Waals surface area contributed by atoms with Crippen molar-refractivity contribution in [2.75, 3.05) is 18.2 Å². The molecule has 10 heteroatoms. The minimum Gasteiger partial charge on any atom is -0.495 e. The molecule has 0 atom stereocenters. The van der Waals surface area contributed by atoms with E-state index in [1.54, 1.807) is 6.07 Å². The smallest absolute Gasteiger partial charge is 0.277 e. The van der Waals surface area contributed by atoms with E-state index in [0.29, 0.717) is 17.0 Å². The molecule has 0 saturated carbocycles. The molecule has 3 rings (SSSR count). The van der Waals surface area contributed by atoms with Gasteiger partial charge in [-0.05, 0) is 36.8 Å². The number of nitro benzene ring substituents is 1. The number of benzene rings is 2. The van der Waals surface area contributed by atoms with Crippen LogP contribution in [0.5, 0.6) is 5.75 Å². The van der Waals surface area contributed by atoms with Crippen molar-refractivity contribution in [3.8, 4) is 17.2 Å². The Kier molecular flexibility index (Phi) is 5.90. The molecular formula is C18H16N4O5S. The lowest BCUT2D eigenvalue weighted by Crippen LogP contribution is -2.14. The Balaban J connectivity index is 1.60. The SMILES string of the molecule is COc1ccc(C)cc1NC(=O)CSc1nnc(-c2ccc([N+](=O)[O-])cc2)o1. The van der Waals surface area contributed by atoms with Gasteiger partial charge in [0, 0.05) is 17.7 Å². The molecule has 0 aliphatic rings. The molecule has 2 aromatic carbocycles. The van der Waals surface area contributed by atoms with Crippen molar-refractivity contribution < 1.29 is 18.9 Å². The zero-order chi connectivity index (χ0) is 20.1. The second-order valence-electron chi connectivity index (χ2n) is 5.72. The van der Waals surface area contributed by atoms with Crippen molar-refractivity contribution >= 4 is 29.0 Å². The van der Waals surface area contributed by atoms with Crippen molar-refractivity contribution in [1.82, 2.24) is 10.2 Å². The number of carbonyl (C=O) groups excluding carboxylic acids is 1. The molecule has 0 radical (unpaired) electrons. The first kappa shape index (κ1) is 19.4. The summed E-state index contributed by atoms with van der Waals surface area (Å²) in [6.07, 6.45) is 0. The highest BCUT2D eigenvalue weighted by molar-refractivity contribution is 7.99. The molecule has 0 unspecified atom stereocenters. The number of nitrogens with one attached hydrogen (secondary N) is 1. The second-order valence-corrected chi connectivity index (χ2v) is 6.64. The van der Waals surface area contributed by atoms with Crippen molar-refractivity contribution in [3.63, 3.8) is 0 Å². The Morgan fingerprint density at radius 1 is 1.25 bits per heavy atom. The Hall–Kier alpha value is -3.40. The van der Waals surface area contributed by atoms with Crippen LogP contribution in [0.1, 0.15) is 5.56 Å². The number of aryl methyl sites for hydroxylation is 1. The summed E-state index contributed by atoms with van der Waals surface area (Å²) in [5, 5.41) is 21.5. The van der Waals surface area contributed by atoms with Crippen molar-refractivity contribution in [3.05, 3.63) is 58.1 Å². The number of nitrogens with zero attached hydrogens (tertiary/aromatic N) is 3. The normalized spacial score (nSPS) is 10.5. The Labute approximate surface area is 164 Å². The first-order chi connectivity index (χ1) is 13.5. The minimum absolute atomic E-state index is 0.0267. The zero-order valence-corrected chi connectivity index (χ0v) is 15.9. The maximum atomic E-state index is 12.2. The summed E-state index contributed by atoms with van der Waals surface area (Å²) in [5.74, 6) is 0.614. The Morgan fingerprint density at radius 3 is 2.68 bits per heavy atom. The van der Waals surface area contributed by atoms with E-state index in [9.17, 15) is 14.9 Å². The van der Waals surface area contributed by atoms with E-state index in [1.165, 1.54) is 31.4 Å². The van der Waals surface area contributed by atoms with Gasteiger partial charge in [-0.2, -0.15) is 0 Å². The van der Waals surface area contributed by atoms with Gasteiger partial charge in [-0.1, -0.05) is 17.8 Å². The quantitative estimate of drug-likeness (QED) is 0.362. The lowest BCUT2D eigenvalue weighted by molar-refractivity contribution is -0.384. The molecule has 0 saturated heterocycles. The summed E-state index contributed by atoms with van der Waals surface area (Å²) < 4.78 is 10.7. The first-order valence-corrected chi connectivity index (χ1v) is 9.10. The molecule has 1 amide bonds. The largest absolute Gasteiger partial charge is 0.495 e. The topological polar surface area (TPSA) is 120 Å². The van der Waals surface area contributed by atoms with E-state index in [1.807, 2.05) is 19.1 Å². The summed E-state index contributed by atoms with van der Waals surface area (Å²) in [5.41, 5.74) is 2.11. The highest BCUT2D eigenvalue weighted by Crippen LogP contribution is 2.27. The summed E-state index contributed by atoms with van der Waals surface area (Å²) in [6.45, 7) is 1.92. The number of carbonyl (C=O) groups is 1. The molecule has 0 spiro atoms. The van der Waals surface area contributed by atoms with E-state index in [0.717, 1.165) is 17.3 Å². The van der Waals surface area contributed by atoms with Crippen LogP contribution in [0, 0.1) is 17.0 Å². The van der Waals surface area contributed by atoms with E-state index in [-0.39, 0.29) is 28.5 Å². The molecule has 1 heterocycles. The van der Waals surface area contributed by atoms with Gasteiger partial charge in [-0.15, -0.1) is 10.2 Å². The number of hydrogen-bond donors (Lipinski definition) is 1. The molecule has 9 nitrogen and oxygen atoms in total. The van der Waals surface area contributed by atoms with Crippen LogP contribution in [0.2, 0.25) is 0 Å². The molecule has 1 N–H and O–H groups in total. The number of ether oxygens (including phenoxy) is 1. The fourth-order valence-corrected chi connectivity index (χ4v) is 2.91. The molecule has 3 aromatic rings. The van der Waals surface area contributed by atoms with Crippen LogP contribution in [-0.2, 0) is 4.79 Å². The van der Waals surface area contributed by atoms with Gasteiger partial charge in [-0.25, -0.2) is 0 Å². The van der Waals surface area contributed by atoms with Gasteiger partial charge >= 0.3 is 0 Å². The monoisotopic (exact) mass is 400 g/mol. The highest BCUT2D eigenvalue weighted by Gasteiger charge is 2.14. The lowest BCUT2D eigenvalue weighted by Gasteiger charge is -2.10. The van der Waals surface area contributed by atoms with Crippen LogP contribution in [0.25, 0.3) is 11.5 Å². The van der Waals surface area contributed by atoms with Gasteiger partial charge in [0.15, 0.2) is 0 Å². The predicted molar refractivity (Wildman–Crippen MR) is 103 cm³/mol. The van der Waals surface area contributed by atoms with Crippen molar-refractivity contribution in [1.29, 1.82) is 0 Å². The lowest BCUT2D eigenvalue weighted by atomic mass is 10.2. The molecule has 1 aromatic heterocycles. The number of thioether (sulfide) groups is 1. The van der Waals surface area contributed by atoms with Crippen LogP contribution in [-0.4, -0.2) is 33.9 Å². The van der Waals surface area contributed by atoms with Crippen LogP contribution in [0.15, 0.2) is 52.1 Å². The Bertz CT molecular complexity index is 1000. The summed E-state index contributed by atoms with van der Waals surface area (Å²) >= 11 is 1.09. The van der Waals surface area contributed by atoms with E-state index >= 15 is 0 Å². The minimum atomic E-state index is -0.485. The molecule has 0 aliphatic heterocycles. The highest BCUT2D eigenvalue weighted by atomic mass is 32.2. The number of non-ortho nitro benzene ring substituents is 1. The average molecular weight is 400 g/mol. The van der Waals surface area contributed by atoms with Crippen LogP contribution in [0.3, 0.4) is 0 Å². The van der Waals surface area contributed by atoms with Crippen LogP contribution in [0.4, 0.5) is 11.4 Å². The molecule has 0 bridgehead atoms. The van der Waals surface area contributed by atoms with Gasteiger partial charge in [-0.3, -0.25) is 14.9 Å². The van der Waals surface area contributed by atoms with Crippen molar-refractivity contribution in [2.24, 2.45) is 0 Å². The van der Waals surface area contributed by atoms with Gasteiger partial charge in [0.2, 0.25) is 11.8 Å². The van der Waals surface area contributed by atoms with Gasteiger partial charge in [0.25, 0.3) is 10.9 Å². The number of nitro groups is 1. The van der Waals surface area contributed by atoms with E-state index < -0.39 is 4.92 Å². The average Bonchev–Trinajstić information content (AvgIpc) is 3.16. The number of methoxy groups -OCH3 is 1. The molecule has 0 aliphatic carbocycles. The van der Waals surface area contributed by atoms with Gasteiger partial charge in [0.05, 0.1) is 23.5 Å². The number of amides is 1. The van der Waals surface area contributed by atoms with Crippen LogP contribution < -0.4 is 10.1 Å². The molecule has 144 valence electrons. The van der Waals surface area contributed by atoms with Gasteiger partial charge < -0.3 is 14.5 Å². The van der Waals surface area contributed by atoms with Gasteiger partial charge in [0.1, 0.15) is 5.75 Å². The number of aromatic nitrogens is 2. The number of hydrogen-bond acceptors (Lipinski definition) is 8. The third kappa shape index (κ3) is 4.65. The number of anilines is 1. The zero-order valence-electron chi connectivity index (χ0n) is 15.0. The maximum absolute atomic E-state index is 12.2. The van der Waals surface area contributed by atoms with E-state index in [2.05, 4.69) is 15.5 Å². The van der Waals surface area contributed by atoms with Crippen molar-refractivity contribution in [2.45, 2.75) is 12.1 Å². The fourth-order valence-electron chi connectivity index (χ4n) is 2.34. The Morgan fingerprint density at radius 2 is 2.00 bits per heavy atom. The summed E-state index contributed by atoms with van der Waals surface area (Å²) in [7, 11) is 1.53.